The summed E-state index contributed by atoms with van der Waals surface area (Å²) in [6, 6.07) is 7.87. The van der Waals surface area contributed by atoms with E-state index in [9.17, 15) is 19.2 Å². The number of fused-ring (bicyclic) bond motifs is 6. The number of alkyl halides is 1. The summed E-state index contributed by atoms with van der Waals surface area (Å²) in [4.78, 5) is 81.0. The lowest BCUT2D eigenvalue weighted by Crippen LogP contribution is -2.57. The maximum absolute atomic E-state index is 15.5. The van der Waals surface area contributed by atoms with Gasteiger partial charge in [-0.3, -0.25) is 9.59 Å². The van der Waals surface area contributed by atoms with Gasteiger partial charge in [0.15, 0.2) is 0 Å². The van der Waals surface area contributed by atoms with E-state index in [-0.39, 0.29) is 35.9 Å². The number of imidazole rings is 2. The van der Waals surface area contributed by atoms with Gasteiger partial charge in [0, 0.05) is 41.5 Å². The van der Waals surface area contributed by atoms with E-state index in [1.165, 1.54) is 34.5 Å². The molecule has 8 atom stereocenters. The highest BCUT2D eigenvalue weighted by molar-refractivity contribution is 7.11. The van der Waals surface area contributed by atoms with Crippen LogP contribution in [0.3, 0.4) is 0 Å². The van der Waals surface area contributed by atoms with Crippen LogP contribution >= 0.6 is 11.3 Å². The molecule has 0 radical (unpaired) electrons. The summed E-state index contributed by atoms with van der Waals surface area (Å²) in [5.74, 6) is 2.10. The van der Waals surface area contributed by atoms with Gasteiger partial charge in [-0.2, -0.15) is 0 Å². The number of methoxy groups -OCH3 is 2. The molecule has 6 aliphatic rings. The number of alkyl carbamates (subject to hydrolysis) is 2. The molecule has 19 heteroatoms. The van der Waals surface area contributed by atoms with Crippen LogP contribution in [0.5, 0.6) is 5.75 Å². The zero-order valence-corrected chi connectivity index (χ0v) is 41.9. The first-order valence-electron chi connectivity index (χ1n) is 24.9. The van der Waals surface area contributed by atoms with Crippen molar-refractivity contribution in [3.8, 4) is 28.3 Å². The van der Waals surface area contributed by atoms with E-state index in [4.69, 9.17) is 29.2 Å². The van der Waals surface area contributed by atoms with Gasteiger partial charge < -0.3 is 49.5 Å². The first-order valence-corrected chi connectivity index (χ1v) is 25.7. The van der Waals surface area contributed by atoms with E-state index in [0.29, 0.717) is 30.5 Å². The fourth-order valence-electron chi connectivity index (χ4n) is 11.6. The third-order valence-corrected chi connectivity index (χ3v) is 16.8. The number of nitrogens with one attached hydrogen (secondary N) is 4. The summed E-state index contributed by atoms with van der Waals surface area (Å²) in [6.45, 7) is 9.07. The standard InChI is InChI=1S/C52H61FN10O7S/c1-25(2)42(59-50(66)68-6)47(64)61-15-9-12-35(61)44-54-23-33(58-44)29-16-26(3)41-37-19-30-17-28(13-14-34(30)63(37)49(70-39(41)21-29)40-24-56-46(71-40)27-10-8-11-27)32-22-55-45(57-32)38-20-31-18-36(31)62(38)48(65)43(52(4,5)53)60-51(67)69-7/h13-14,16-17,21-25,27,31,35-38,42-43,49H,8-12,15,18-20H2,1-7H3,(H,54,58)(H,55,57)(H,59,66)(H,60,67)/t31-,35+,36-,37?,38+,42+,43-,49?/m1/s1. The lowest BCUT2D eigenvalue weighted by atomic mass is 9.86. The topological polar surface area (TPSA) is 200 Å². The molecule has 374 valence electrons. The van der Waals surface area contributed by atoms with Gasteiger partial charge in [-0.25, -0.2) is 28.9 Å². The van der Waals surface area contributed by atoms with Gasteiger partial charge in [0.05, 0.1) is 66.0 Å². The van der Waals surface area contributed by atoms with Gasteiger partial charge in [-0.05, 0) is 119 Å². The van der Waals surface area contributed by atoms with Crippen molar-refractivity contribution < 1.29 is 37.8 Å². The molecule has 2 aliphatic carbocycles. The third-order valence-electron chi connectivity index (χ3n) is 15.6. The molecule has 2 saturated carbocycles. The minimum atomic E-state index is -2.03. The molecule has 4 amide bonds. The van der Waals surface area contributed by atoms with Crippen molar-refractivity contribution in [3.05, 3.63) is 87.1 Å². The number of hydrogen-bond donors (Lipinski definition) is 4. The molecule has 5 aromatic rings. The molecule has 11 rings (SSSR count). The summed E-state index contributed by atoms with van der Waals surface area (Å²) in [7, 11) is 2.48. The van der Waals surface area contributed by atoms with Crippen LogP contribution in [0.25, 0.3) is 22.5 Å². The lowest BCUT2D eigenvalue weighted by Gasteiger charge is -2.41. The minimum absolute atomic E-state index is 0.0337. The number of halogens is 1. The Morgan fingerprint density at radius 2 is 1.58 bits per heavy atom. The Morgan fingerprint density at radius 3 is 2.27 bits per heavy atom. The van der Waals surface area contributed by atoms with Gasteiger partial charge in [0.2, 0.25) is 18.0 Å². The number of likely N-dealkylation sites (tertiary alicyclic amines) is 2. The highest BCUT2D eigenvalue weighted by Gasteiger charge is 2.57. The molecular formula is C52H61FN10O7S. The summed E-state index contributed by atoms with van der Waals surface area (Å²) in [5.41, 5.74) is 5.89. The minimum Gasteiger partial charge on any atom is -0.465 e. The molecule has 7 heterocycles. The van der Waals surface area contributed by atoms with Crippen molar-refractivity contribution >= 4 is 41.0 Å². The van der Waals surface area contributed by atoms with Crippen LogP contribution in [0.2, 0.25) is 0 Å². The number of anilines is 1. The van der Waals surface area contributed by atoms with Crippen LogP contribution in [0.4, 0.5) is 19.7 Å². The average molecular weight is 989 g/mol. The molecule has 4 aliphatic heterocycles. The van der Waals surface area contributed by atoms with Gasteiger partial charge in [0.25, 0.3) is 0 Å². The Kier molecular flexibility index (Phi) is 11.9. The number of carbonyl (C=O) groups excluding carboxylic acids is 4. The Balaban J connectivity index is 0.882. The summed E-state index contributed by atoms with van der Waals surface area (Å²) >= 11 is 1.74. The second-order valence-corrected chi connectivity index (χ2v) is 22.1. The number of aromatic amines is 2. The number of piperidine rings is 1. The second kappa shape index (κ2) is 18.0. The molecule has 4 N–H and O–H groups in total. The highest BCUT2D eigenvalue weighted by atomic mass is 32.1. The zero-order valence-electron chi connectivity index (χ0n) is 41.1. The van der Waals surface area contributed by atoms with Crippen LogP contribution in [0.1, 0.15) is 141 Å². The SMILES string of the molecule is COC(=O)N[C@H](C(=O)N1CCC[C@H]1c1ncc(-c2cc(C)c3c(c2)OC(c2cnc(C4CCC4)s2)N2c4ccc(-c5cnc([C@@H]6C[C@H]7C[C@H]7N6C(=O)[C@@H](NC(=O)OC)C(C)(C)F)[nH]5)cc4CC32)[nH]1)C(C)C. The predicted octanol–water partition coefficient (Wildman–Crippen LogP) is 8.87. The van der Waals surface area contributed by atoms with Crippen LogP contribution in [-0.4, -0.2) is 103 Å². The Labute approximate surface area is 415 Å². The van der Waals surface area contributed by atoms with Crippen LogP contribution < -0.4 is 20.3 Å². The van der Waals surface area contributed by atoms with E-state index in [1.54, 1.807) is 22.4 Å². The number of carbonyl (C=O) groups is 4. The molecule has 71 heavy (non-hydrogen) atoms. The average Bonchev–Trinajstić information content (AvgIpc) is 4.09. The van der Waals surface area contributed by atoms with Gasteiger partial charge in [0.1, 0.15) is 35.2 Å². The third kappa shape index (κ3) is 8.36. The monoisotopic (exact) mass is 988 g/mol. The van der Waals surface area contributed by atoms with E-state index in [1.807, 2.05) is 31.1 Å². The molecule has 2 saturated heterocycles. The van der Waals surface area contributed by atoms with Crippen molar-refractivity contribution in [1.82, 2.24) is 45.4 Å². The molecular weight excluding hydrogens is 928 g/mol. The predicted molar refractivity (Wildman–Crippen MR) is 262 cm³/mol. The molecule has 17 nitrogen and oxygen atoms in total. The van der Waals surface area contributed by atoms with Crippen molar-refractivity contribution in [2.24, 2.45) is 11.8 Å². The number of hydrogen-bond acceptors (Lipinski definition) is 12. The summed E-state index contributed by atoms with van der Waals surface area (Å²) in [5, 5.41) is 6.32. The lowest BCUT2D eigenvalue weighted by molar-refractivity contribution is -0.139. The van der Waals surface area contributed by atoms with Crippen LogP contribution in [0, 0.1) is 18.8 Å². The molecule has 3 aromatic heterocycles. The fraction of sp³-hybridized carbons (Fsp3) is 0.519. The summed E-state index contributed by atoms with van der Waals surface area (Å²) < 4.78 is 32.2. The quantitative estimate of drug-likeness (QED) is 0.0931. The molecule has 4 fully saturated rings. The number of thiazole rings is 1. The van der Waals surface area contributed by atoms with Gasteiger partial charge >= 0.3 is 12.2 Å². The first-order chi connectivity index (χ1) is 34.1. The highest BCUT2D eigenvalue weighted by Crippen LogP contribution is 2.56. The number of ether oxygens (including phenoxy) is 3. The number of amides is 4. The second-order valence-electron chi connectivity index (χ2n) is 21.0. The van der Waals surface area contributed by atoms with Crippen LogP contribution in [0.15, 0.2) is 48.9 Å². The largest absolute Gasteiger partial charge is 0.465 e. The van der Waals surface area contributed by atoms with Crippen molar-refractivity contribution in [2.45, 2.75) is 140 Å². The van der Waals surface area contributed by atoms with Gasteiger partial charge in [-0.1, -0.05) is 26.3 Å². The number of benzene rings is 2. The maximum Gasteiger partial charge on any atom is 0.407 e. The summed E-state index contributed by atoms with van der Waals surface area (Å²) in [6.07, 6.45) is 11.0. The maximum atomic E-state index is 15.5. The van der Waals surface area contributed by atoms with E-state index < -0.39 is 48.1 Å². The number of aryl methyl sites for hydroxylation is 1. The Bertz CT molecular complexity index is 2900. The zero-order chi connectivity index (χ0) is 49.6. The number of H-pyrrole nitrogens is 2. The Hall–Kier alpha value is -6.50. The number of aromatic nitrogens is 5. The van der Waals surface area contributed by atoms with Crippen molar-refractivity contribution in [1.29, 1.82) is 0 Å². The molecule has 0 spiro atoms. The van der Waals surface area contributed by atoms with E-state index >= 15 is 4.39 Å². The van der Waals surface area contributed by atoms with Crippen molar-refractivity contribution in [2.75, 3.05) is 25.7 Å². The van der Waals surface area contributed by atoms with E-state index in [0.717, 1.165) is 99.1 Å². The molecule has 2 unspecified atom stereocenters. The number of rotatable bonds is 12. The van der Waals surface area contributed by atoms with E-state index in [2.05, 4.69) is 62.8 Å². The van der Waals surface area contributed by atoms with Gasteiger partial charge in [-0.15, -0.1) is 11.3 Å². The smallest absolute Gasteiger partial charge is 0.407 e. The molecule has 0 bridgehead atoms. The Morgan fingerprint density at radius 1 is 0.859 bits per heavy atom. The number of nitrogens with zero attached hydrogens (tertiary/aromatic N) is 6. The normalized spacial score (nSPS) is 24.0. The fourth-order valence-corrected chi connectivity index (χ4v) is 12.7. The van der Waals surface area contributed by atoms with Crippen LogP contribution in [-0.2, 0) is 25.5 Å². The molecule has 2 aromatic carbocycles. The van der Waals surface area contributed by atoms with Crippen molar-refractivity contribution in [3.63, 3.8) is 0 Å². The first kappa shape index (κ1) is 46.9.